The normalized spacial score (nSPS) is 11.0. The largest absolute Gasteiger partial charge is 0.264 e. The first kappa shape index (κ1) is 11.0. The Kier molecular flexibility index (Phi) is 2.79. The molecular formula is C8H5ClFNO2S. The summed E-state index contributed by atoms with van der Waals surface area (Å²) < 4.78 is 34.8. The van der Waals surface area contributed by atoms with E-state index in [0.29, 0.717) is 5.56 Å². The first-order valence-corrected chi connectivity index (χ1v) is 5.82. The summed E-state index contributed by atoms with van der Waals surface area (Å²) in [5.74, 6) is -1.01. The standard InChI is InChI=1S/C8H5ClFNO2S/c1-5-2-8(14(9,12)13)7(10)3-6(5)4-11/h2-3H,1H3. The van der Waals surface area contributed by atoms with Gasteiger partial charge in [0.05, 0.1) is 11.6 Å². The molecular weight excluding hydrogens is 229 g/mol. The lowest BCUT2D eigenvalue weighted by atomic mass is 10.1. The van der Waals surface area contributed by atoms with E-state index < -0.39 is 19.8 Å². The van der Waals surface area contributed by atoms with Crippen LogP contribution >= 0.6 is 10.7 Å². The SMILES string of the molecule is Cc1cc(S(=O)(=O)Cl)c(F)cc1C#N. The van der Waals surface area contributed by atoms with Gasteiger partial charge in [0.15, 0.2) is 0 Å². The van der Waals surface area contributed by atoms with E-state index in [2.05, 4.69) is 0 Å². The third-order valence-electron chi connectivity index (χ3n) is 1.66. The fourth-order valence-electron chi connectivity index (χ4n) is 0.962. The number of hydrogen-bond donors (Lipinski definition) is 0. The van der Waals surface area contributed by atoms with Crippen molar-refractivity contribution in [2.24, 2.45) is 0 Å². The molecule has 0 unspecified atom stereocenters. The summed E-state index contributed by atoms with van der Waals surface area (Å²) in [5.41, 5.74) is 0.458. The molecule has 14 heavy (non-hydrogen) atoms. The van der Waals surface area contributed by atoms with Gasteiger partial charge < -0.3 is 0 Å². The second kappa shape index (κ2) is 3.56. The number of halogens is 2. The summed E-state index contributed by atoms with van der Waals surface area (Å²) in [6, 6.07) is 3.63. The average Bonchev–Trinajstić information content (AvgIpc) is 2.06. The lowest BCUT2D eigenvalue weighted by Gasteiger charge is -2.01. The molecule has 0 spiro atoms. The van der Waals surface area contributed by atoms with Gasteiger partial charge in [-0.2, -0.15) is 5.26 Å². The van der Waals surface area contributed by atoms with E-state index in [-0.39, 0.29) is 5.56 Å². The number of benzene rings is 1. The third kappa shape index (κ3) is 2.03. The molecule has 0 heterocycles. The number of nitrogens with zero attached hydrogens (tertiary/aromatic N) is 1. The molecule has 0 saturated heterocycles. The third-order valence-corrected chi connectivity index (χ3v) is 3.00. The Morgan fingerprint density at radius 3 is 2.50 bits per heavy atom. The zero-order valence-corrected chi connectivity index (χ0v) is 8.66. The van der Waals surface area contributed by atoms with Crippen LogP contribution in [-0.4, -0.2) is 8.42 Å². The maximum atomic E-state index is 13.1. The summed E-state index contributed by atoms with van der Waals surface area (Å²) >= 11 is 0. The highest BCUT2D eigenvalue weighted by Gasteiger charge is 2.17. The van der Waals surface area contributed by atoms with E-state index in [0.717, 1.165) is 12.1 Å². The Morgan fingerprint density at radius 2 is 2.07 bits per heavy atom. The van der Waals surface area contributed by atoms with Crippen molar-refractivity contribution in [2.45, 2.75) is 11.8 Å². The minimum absolute atomic E-state index is 0.0894. The van der Waals surface area contributed by atoms with Crippen molar-refractivity contribution in [3.05, 3.63) is 29.1 Å². The number of nitriles is 1. The van der Waals surface area contributed by atoms with Crippen LogP contribution in [0.25, 0.3) is 0 Å². The molecule has 0 bridgehead atoms. The van der Waals surface area contributed by atoms with Gasteiger partial charge in [-0.3, -0.25) is 0 Å². The van der Waals surface area contributed by atoms with Gasteiger partial charge in [-0.15, -0.1) is 0 Å². The van der Waals surface area contributed by atoms with Crippen molar-refractivity contribution < 1.29 is 12.8 Å². The van der Waals surface area contributed by atoms with Gasteiger partial charge in [-0.1, -0.05) is 0 Å². The van der Waals surface area contributed by atoms with Crippen molar-refractivity contribution in [1.82, 2.24) is 0 Å². The lowest BCUT2D eigenvalue weighted by Crippen LogP contribution is -1.98. The highest BCUT2D eigenvalue weighted by molar-refractivity contribution is 8.13. The van der Waals surface area contributed by atoms with E-state index in [1.54, 1.807) is 6.07 Å². The van der Waals surface area contributed by atoms with Crippen LogP contribution in [0.2, 0.25) is 0 Å². The van der Waals surface area contributed by atoms with Crippen molar-refractivity contribution in [1.29, 1.82) is 5.26 Å². The first-order valence-electron chi connectivity index (χ1n) is 3.51. The number of aryl methyl sites for hydroxylation is 1. The zero-order chi connectivity index (χ0) is 10.9. The predicted molar refractivity (Wildman–Crippen MR) is 48.9 cm³/mol. The van der Waals surface area contributed by atoms with Crippen molar-refractivity contribution in [3.63, 3.8) is 0 Å². The van der Waals surface area contributed by atoms with Crippen LogP contribution in [0.3, 0.4) is 0 Å². The predicted octanol–water partition coefficient (Wildman–Crippen LogP) is 1.93. The van der Waals surface area contributed by atoms with Gasteiger partial charge in [0.25, 0.3) is 9.05 Å². The van der Waals surface area contributed by atoms with Gasteiger partial charge in [0.2, 0.25) is 0 Å². The van der Waals surface area contributed by atoms with E-state index in [4.69, 9.17) is 15.9 Å². The molecule has 1 aromatic carbocycles. The highest BCUT2D eigenvalue weighted by Crippen LogP contribution is 2.22. The van der Waals surface area contributed by atoms with Gasteiger partial charge in [-0.05, 0) is 24.6 Å². The molecule has 6 heteroatoms. The highest BCUT2D eigenvalue weighted by atomic mass is 35.7. The zero-order valence-electron chi connectivity index (χ0n) is 7.08. The Labute approximate surface area is 85.2 Å². The van der Waals surface area contributed by atoms with Crippen molar-refractivity contribution in [2.75, 3.05) is 0 Å². The lowest BCUT2D eigenvalue weighted by molar-refractivity contribution is 0.574. The van der Waals surface area contributed by atoms with Gasteiger partial charge in [-0.25, -0.2) is 12.8 Å². The molecule has 0 saturated carbocycles. The van der Waals surface area contributed by atoms with Crippen LogP contribution in [0.1, 0.15) is 11.1 Å². The van der Waals surface area contributed by atoms with E-state index in [1.807, 2.05) is 0 Å². The molecule has 0 radical (unpaired) electrons. The summed E-state index contributed by atoms with van der Waals surface area (Å²) in [6.45, 7) is 1.50. The Morgan fingerprint density at radius 1 is 1.50 bits per heavy atom. The molecule has 0 aliphatic heterocycles. The molecule has 0 fully saturated rings. The van der Waals surface area contributed by atoms with E-state index in [1.165, 1.54) is 6.92 Å². The van der Waals surface area contributed by atoms with Crippen LogP contribution in [0.5, 0.6) is 0 Å². The number of hydrogen-bond acceptors (Lipinski definition) is 3. The van der Waals surface area contributed by atoms with E-state index in [9.17, 15) is 12.8 Å². The average molecular weight is 234 g/mol. The fourth-order valence-corrected chi connectivity index (χ4v) is 1.93. The summed E-state index contributed by atoms with van der Waals surface area (Å²) in [7, 11) is 0.887. The second-order valence-corrected chi connectivity index (χ2v) is 5.18. The van der Waals surface area contributed by atoms with Gasteiger partial charge in [0.1, 0.15) is 10.7 Å². The Bertz CT molecular complexity index is 519. The quantitative estimate of drug-likeness (QED) is 0.697. The summed E-state index contributed by atoms with van der Waals surface area (Å²) in [5, 5.41) is 8.54. The van der Waals surface area contributed by atoms with Crippen LogP contribution < -0.4 is 0 Å². The molecule has 3 nitrogen and oxygen atoms in total. The first-order chi connectivity index (χ1) is 6.36. The molecule has 0 N–H and O–H groups in total. The van der Waals surface area contributed by atoms with E-state index >= 15 is 0 Å². The van der Waals surface area contributed by atoms with Crippen LogP contribution in [0.15, 0.2) is 17.0 Å². The summed E-state index contributed by atoms with van der Waals surface area (Å²) in [4.78, 5) is -0.601. The van der Waals surface area contributed by atoms with Crippen LogP contribution in [0, 0.1) is 24.1 Å². The molecule has 0 amide bonds. The maximum absolute atomic E-state index is 13.1. The minimum atomic E-state index is -4.09. The molecule has 1 rings (SSSR count). The second-order valence-electron chi connectivity index (χ2n) is 2.65. The summed E-state index contributed by atoms with van der Waals surface area (Å²) in [6.07, 6.45) is 0. The van der Waals surface area contributed by atoms with Crippen molar-refractivity contribution in [3.8, 4) is 6.07 Å². The molecule has 0 aliphatic rings. The molecule has 74 valence electrons. The monoisotopic (exact) mass is 233 g/mol. The maximum Gasteiger partial charge on any atom is 0.264 e. The van der Waals surface area contributed by atoms with Crippen LogP contribution in [-0.2, 0) is 9.05 Å². The number of rotatable bonds is 1. The van der Waals surface area contributed by atoms with Gasteiger partial charge in [0, 0.05) is 10.7 Å². The Hall–Kier alpha value is -1.12. The fraction of sp³-hybridized carbons (Fsp3) is 0.125. The van der Waals surface area contributed by atoms with Gasteiger partial charge >= 0.3 is 0 Å². The topological polar surface area (TPSA) is 57.9 Å². The molecule has 1 aromatic rings. The van der Waals surface area contributed by atoms with Crippen LogP contribution in [0.4, 0.5) is 4.39 Å². The minimum Gasteiger partial charge on any atom is -0.207 e. The van der Waals surface area contributed by atoms with Crippen molar-refractivity contribution >= 4 is 19.7 Å². The molecule has 0 atom stereocenters. The molecule has 0 aliphatic carbocycles. The smallest absolute Gasteiger partial charge is 0.207 e. The Balaban J connectivity index is 3.54. The molecule has 0 aromatic heterocycles.